The molecular formula is C19H24N4O3. The SMILES string of the molecule is O=C(CN1C(=O)NC2(CCc3ccccc32)C1=O)NCC1CCCNC1. The van der Waals surface area contributed by atoms with Gasteiger partial charge < -0.3 is 16.0 Å². The fraction of sp³-hybridized carbons (Fsp3) is 0.526. The second-order valence-corrected chi connectivity index (χ2v) is 7.40. The second-order valence-electron chi connectivity index (χ2n) is 7.40. The third-order valence-corrected chi connectivity index (χ3v) is 5.71. The Morgan fingerprint density at radius 2 is 2.15 bits per heavy atom. The van der Waals surface area contributed by atoms with Crippen LogP contribution < -0.4 is 16.0 Å². The lowest BCUT2D eigenvalue weighted by Gasteiger charge is -2.24. The number of rotatable bonds is 4. The monoisotopic (exact) mass is 356 g/mol. The van der Waals surface area contributed by atoms with Gasteiger partial charge in [-0.2, -0.15) is 0 Å². The van der Waals surface area contributed by atoms with E-state index in [1.54, 1.807) is 0 Å². The van der Waals surface area contributed by atoms with E-state index in [1.165, 1.54) is 0 Å². The van der Waals surface area contributed by atoms with Crippen LogP contribution in [0.15, 0.2) is 24.3 Å². The molecule has 2 fully saturated rings. The van der Waals surface area contributed by atoms with Crippen LogP contribution in [0.3, 0.4) is 0 Å². The first-order valence-electron chi connectivity index (χ1n) is 9.30. The number of carbonyl (C=O) groups excluding carboxylic acids is 3. The largest absolute Gasteiger partial charge is 0.354 e. The smallest absolute Gasteiger partial charge is 0.325 e. The fourth-order valence-corrected chi connectivity index (χ4v) is 4.29. The third kappa shape index (κ3) is 2.86. The number of fused-ring (bicyclic) bond motifs is 2. The number of amides is 4. The Kier molecular flexibility index (Phi) is 4.40. The van der Waals surface area contributed by atoms with E-state index in [0.717, 1.165) is 48.4 Å². The first-order valence-corrected chi connectivity index (χ1v) is 9.30. The Bertz CT molecular complexity index is 744. The molecule has 2 aliphatic heterocycles. The fourth-order valence-electron chi connectivity index (χ4n) is 4.29. The van der Waals surface area contributed by atoms with Gasteiger partial charge in [0.1, 0.15) is 12.1 Å². The molecule has 3 aliphatic rings. The van der Waals surface area contributed by atoms with Crippen molar-refractivity contribution in [2.75, 3.05) is 26.2 Å². The van der Waals surface area contributed by atoms with Crippen molar-refractivity contribution in [3.63, 3.8) is 0 Å². The summed E-state index contributed by atoms with van der Waals surface area (Å²) in [7, 11) is 0. The summed E-state index contributed by atoms with van der Waals surface area (Å²) >= 11 is 0. The number of aryl methyl sites for hydroxylation is 1. The molecule has 0 saturated carbocycles. The van der Waals surface area contributed by atoms with Crippen LogP contribution >= 0.6 is 0 Å². The van der Waals surface area contributed by atoms with Crippen molar-refractivity contribution < 1.29 is 14.4 Å². The number of piperidine rings is 1. The van der Waals surface area contributed by atoms with Crippen LogP contribution in [0.25, 0.3) is 0 Å². The van der Waals surface area contributed by atoms with E-state index in [-0.39, 0.29) is 18.4 Å². The van der Waals surface area contributed by atoms with E-state index >= 15 is 0 Å². The minimum Gasteiger partial charge on any atom is -0.354 e. The molecule has 3 N–H and O–H groups in total. The molecule has 1 aromatic rings. The molecule has 1 spiro atoms. The van der Waals surface area contributed by atoms with E-state index in [2.05, 4.69) is 16.0 Å². The Morgan fingerprint density at radius 3 is 2.96 bits per heavy atom. The van der Waals surface area contributed by atoms with E-state index in [9.17, 15) is 14.4 Å². The highest BCUT2D eigenvalue weighted by Crippen LogP contribution is 2.41. The van der Waals surface area contributed by atoms with Gasteiger partial charge in [-0.05, 0) is 55.8 Å². The van der Waals surface area contributed by atoms with Crippen molar-refractivity contribution >= 4 is 17.8 Å². The van der Waals surface area contributed by atoms with Crippen molar-refractivity contribution in [3.05, 3.63) is 35.4 Å². The van der Waals surface area contributed by atoms with Crippen LogP contribution in [0.2, 0.25) is 0 Å². The standard InChI is InChI=1S/C19H24N4O3/c24-16(21-11-13-4-3-9-20-10-13)12-23-17(25)19(22-18(23)26)8-7-14-5-1-2-6-15(14)19/h1-2,5-6,13,20H,3-4,7-12H2,(H,21,24)(H,22,26). The van der Waals surface area contributed by atoms with Gasteiger partial charge in [0.15, 0.2) is 0 Å². The Hall–Kier alpha value is -2.41. The summed E-state index contributed by atoms with van der Waals surface area (Å²) in [5.74, 6) is -0.201. The van der Waals surface area contributed by atoms with Gasteiger partial charge in [-0.25, -0.2) is 4.79 Å². The summed E-state index contributed by atoms with van der Waals surface area (Å²) in [6.45, 7) is 2.26. The molecule has 7 nitrogen and oxygen atoms in total. The maximum atomic E-state index is 13.0. The van der Waals surface area contributed by atoms with Crippen LogP contribution in [-0.4, -0.2) is 48.9 Å². The molecule has 7 heteroatoms. The topological polar surface area (TPSA) is 90.5 Å². The average molecular weight is 356 g/mol. The second kappa shape index (κ2) is 6.72. The molecule has 4 rings (SSSR count). The molecule has 0 radical (unpaired) electrons. The summed E-state index contributed by atoms with van der Waals surface area (Å²) in [5.41, 5.74) is 0.938. The first kappa shape index (κ1) is 17.0. The summed E-state index contributed by atoms with van der Waals surface area (Å²) < 4.78 is 0. The number of nitrogens with one attached hydrogen (secondary N) is 3. The van der Waals surface area contributed by atoms with Gasteiger partial charge in [-0.1, -0.05) is 24.3 Å². The number of hydrogen-bond donors (Lipinski definition) is 3. The zero-order chi connectivity index (χ0) is 18.1. The van der Waals surface area contributed by atoms with Crippen LogP contribution in [0.1, 0.15) is 30.4 Å². The van der Waals surface area contributed by atoms with E-state index in [0.29, 0.717) is 18.9 Å². The molecule has 2 heterocycles. The van der Waals surface area contributed by atoms with Crippen LogP contribution in [0, 0.1) is 5.92 Å². The summed E-state index contributed by atoms with van der Waals surface area (Å²) in [6, 6.07) is 7.20. The van der Waals surface area contributed by atoms with E-state index < -0.39 is 11.6 Å². The van der Waals surface area contributed by atoms with Gasteiger partial charge in [0.05, 0.1) is 0 Å². The van der Waals surface area contributed by atoms with Gasteiger partial charge in [0, 0.05) is 6.54 Å². The number of carbonyl (C=O) groups is 3. The lowest BCUT2D eigenvalue weighted by atomic mass is 9.92. The zero-order valence-electron chi connectivity index (χ0n) is 14.7. The molecule has 138 valence electrons. The average Bonchev–Trinajstić information content (AvgIpc) is 3.15. The first-order chi connectivity index (χ1) is 12.6. The lowest BCUT2D eigenvalue weighted by molar-refractivity contribution is -0.135. The number of imide groups is 1. The van der Waals surface area contributed by atoms with Gasteiger partial charge in [-0.15, -0.1) is 0 Å². The number of nitrogens with zero attached hydrogens (tertiary/aromatic N) is 1. The molecule has 2 saturated heterocycles. The Balaban J connectivity index is 1.41. The molecule has 1 aromatic carbocycles. The van der Waals surface area contributed by atoms with E-state index in [1.807, 2.05) is 24.3 Å². The molecule has 2 atom stereocenters. The third-order valence-electron chi connectivity index (χ3n) is 5.71. The predicted octanol–water partition coefficient (Wildman–Crippen LogP) is 0.496. The van der Waals surface area contributed by atoms with E-state index in [4.69, 9.17) is 0 Å². The Morgan fingerprint density at radius 1 is 1.31 bits per heavy atom. The Labute approximate surface area is 152 Å². The molecule has 0 bridgehead atoms. The van der Waals surface area contributed by atoms with Crippen LogP contribution in [-0.2, 0) is 21.5 Å². The van der Waals surface area contributed by atoms with Crippen molar-refractivity contribution in [2.24, 2.45) is 5.92 Å². The number of hydrogen-bond acceptors (Lipinski definition) is 4. The zero-order valence-corrected chi connectivity index (χ0v) is 14.7. The number of benzene rings is 1. The summed E-state index contributed by atoms with van der Waals surface area (Å²) in [6.07, 6.45) is 3.48. The minimum atomic E-state index is -0.999. The normalized spacial score (nSPS) is 27.5. The van der Waals surface area contributed by atoms with Gasteiger partial charge in [0.2, 0.25) is 5.91 Å². The maximum Gasteiger partial charge on any atom is 0.325 e. The highest BCUT2D eigenvalue weighted by Gasteiger charge is 2.55. The van der Waals surface area contributed by atoms with Crippen LogP contribution in [0.5, 0.6) is 0 Å². The van der Waals surface area contributed by atoms with Gasteiger partial charge >= 0.3 is 6.03 Å². The summed E-state index contributed by atoms with van der Waals surface area (Å²) in [4.78, 5) is 38.7. The molecule has 0 aromatic heterocycles. The number of urea groups is 1. The quantitative estimate of drug-likeness (QED) is 0.685. The van der Waals surface area contributed by atoms with Crippen molar-refractivity contribution in [3.8, 4) is 0 Å². The predicted molar refractivity (Wildman–Crippen MR) is 95.3 cm³/mol. The molecule has 1 aliphatic carbocycles. The van der Waals surface area contributed by atoms with Gasteiger partial charge in [-0.3, -0.25) is 14.5 Å². The molecular weight excluding hydrogens is 332 g/mol. The van der Waals surface area contributed by atoms with Crippen molar-refractivity contribution in [2.45, 2.75) is 31.2 Å². The van der Waals surface area contributed by atoms with Gasteiger partial charge in [0.25, 0.3) is 5.91 Å². The highest BCUT2D eigenvalue weighted by molar-refractivity contribution is 6.09. The summed E-state index contributed by atoms with van der Waals surface area (Å²) in [5, 5.41) is 9.02. The minimum absolute atomic E-state index is 0.227. The maximum absolute atomic E-state index is 13.0. The lowest BCUT2D eigenvalue weighted by Crippen LogP contribution is -2.45. The molecule has 26 heavy (non-hydrogen) atoms. The highest BCUT2D eigenvalue weighted by atomic mass is 16.2. The van der Waals surface area contributed by atoms with Crippen LogP contribution in [0.4, 0.5) is 4.79 Å². The molecule has 2 unspecified atom stereocenters. The molecule has 4 amide bonds. The van der Waals surface area contributed by atoms with Crippen molar-refractivity contribution in [1.29, 1.82) is 0 Å². The van der Waals surface area contributed by atoms with Crippen molar-refractivity contribution in [1.82, 2.24) is 20.9 Å².